The molecular weight excluding hydrogens is 138 g/mol. The molecule has 0 spiro atoms. The van der Waals surface area contributed by atoms with E-state index in [1.165, 1.54) is 25.7 Å². The maximum atomic E-state index is 9.34. The number of rotatable bonds is 0. The lowest BCUT2D eigenvalue weighted by molar-refractivity contribution is 0.0359. The second kappa shape index (κ2) is 3.11. The zero-order chi connectivity index (χ0) is 7.68. The second-order valence-corrected chi connectivity index (χ2v) is 3.96. The van der Waals surface area contributed by atoms with E-state index in [0.29, 0.717) is 0 Å². The van der Waals surface area contributed by atoms with Gasteiger partial charge in [0.2, 0.25) is 0 Å². The van der Waals surface area contributed by atoms with Crippen LogP contribution in [0, 0.1) is 11.8 Å². The molecule has 1 saturated heterocycles. The van der Waals surface area contributed by atoms with Crippen molar-refractivity contribution in [3.8, 4) is 0 Å². The Hall–Kier alpha value is -0.0800. The summed E-state index contributed by atoms with van der Waals surface area (Å²) in [4.78, 5) is 0. The van der Waals surface area contributed by atoms with Crippen molar-refractivity contribution < 1.29 is 5.11 Å². The summed E-state index contributed by atoms with van der Waals surface area (Å²) in [5, 5.41) is 12.5. The zero-order valence-electron chi connectivity index (χ0n) is 6.92. The Kier molecular flexibility index (Phi) is 2.14. The Labute approximate surface area is 68.0 Å². The monoisotopic (exact) mass is 155 g/mol. The van der Waals surface area contributed by atoms with Gasteiger partial charge in [0.1, 0.15) is 6.23 Å². The molecule has 1 saturated carbocycles. The Morgan fingerprint density at radius 3 is 2.64 bits per heavy atom. The summed E-state index contributed by atoms with van der Waals surface area (Å²) in [5.41, 5.74) is 0. The number of nitrogens with one attached hydrogen (secondary N) is 1. The smallest absolute Gasteiger partial charge is 0.105 e. The molecule has 2 aliphatic rings. The number of aliphatic hydroxyl groups excluding tert-OH is 1. The van der Waals surface area contributed by atoms with Gasteiger partial charge in [-0.15, -0.1) is 0 Å². The summed E-state index contributed by atoms with van der Waals surface area (Å²) in [5.74, 6) is 1.69. The van der Waals surface area contributed by atoms with Crippen LogP contribution in [-0.2, 0) is 0 Å². The van der Waals surface area contributed by atoms with Gasteiger partial charge in [0.15, 0.2) is 0 Å². The van der Waals surface area contributed by atoms with E-state index in [9.17, 15) is 5.11 Å². The topological polar surface area (TPSA) is 32.3 Å². The third-order valence-corrected chi connectivity index (χ3v) is 3.21. The molecule has 0 aromatic rings. The minimum absolute atomic E-state index is 0.214. The van der Waals surface area contributed by atoms with Crippen molar-refractivity contribution in [2.24, 2.45) is 11.8 Å². The van der Waals surface area contributed by atoms with Crippen LogP contribution in [0.25, 0.3) is 0 Å². The van der Waals surface area contributed by atoms with E-state index in [1.807, 2.05) is 0 Å². The van der Waals surface area contributed by atoms with Crippen LogP contribution >= 0.6 is 0 Å². The maximum absolute atomic E-state index is 9.34. The summed E-state index contributed by atoms with van der Waals surface area (Å²) in [6.45, 7) is 1.05. The maximum Gasteiger partial charge on any atom is 0.105 e. The van der Waals surface area contributed by atoms with Gasteiger partial charge < -0.3 is 5.11 Å². The molecule has 3 atom stereocenters. The summed E-state index contributed by atoms with van der Waals surface area (Å²) < 4.78 is 0. The van der Waals surface area contributed by atoms with Crippen LogP contribution < -0.4 is 5.32 Å². The molecule has 1 heterocycles. The number of hydrogen-bond acceptors (Lipinski definition) is 2. The van der Waals surface area contributed by atoms with E-state index in [-0.39, 0.29) is 6.23 Å². The molecule has 2 rings (SSSR count). The molecule has 0 amide bonds. The van der Waals surface area contributed by atoms with E-state index < -0.39 is 0 Å². The Morgan fingerprint density at radius 1 is 1.09 bits per heavy atom. The summed E-state index contributed by atoms with van der Waals surface area (Å²) in [7, 11) is 0. The van der Waals surface area contributed by atoms with Crippen molar-refractivity contribution >= 4 is 0 Å². The van der Waals surface area contributed by atoms with Crippen molar-refractivity contribution in [2.45, 2.75) is 38.3 Å². The van der Waals surface area contributed by atoms with Crippen molar-refractivity contribution in [3.63, 3.8) is 0 Å². The molecule has 2 N–H and O–H groups in total. The molecule has 2 heteroatoms. The lowest BCUT2D eigenvalue weighted by Gasteiger charge is -2.38. The van der Waals surface area contributed by atoms with Crippen LogP contribution in [0.2, 0.25) is 0 Å². The lowest BCUT2D eigenvalue weighted by Crippen LogP contribution is -2.44. The van der Waals surface area contributed by atoms with Gasteiger partial charge in [0.05, 0.1) is 0 Å². The van der Waals surface area contributed by atoms with Gasteiger partial charge in [-0.05, 0) is 31.1 Å². The second-order valence-electron chi connectivity index (χ2n) is 3.96. The van der Waals surface area contributed by atoms with Crippen LogP contribution in [0.15, 0.2) is 0 Å². The van der Waals surface area contributed by atoms with Crippen LogP contribution in [0.5, 0.6) is 0 Å². The van der Waals surface area contributed by atoms with Crippen molar-refractivity contribution in [1.29, 1.82) is 0 Å². The van der Waals surface area contributed by atoms with Gasteiger partial charge in [0.25, 0.3) is 0 Å². The Balaban J connectivity index is 1.93. The molecule has 0 radical (unpaired) electrons. The molecule has 1 aliphatic heterocycles. The van der Waals surface area contributed by atoms with Gasteiger partial charge in [0, 0.05) is 6.54 Å². The molecule has 2 nitrogen and oxygen atoms in total. The van der Waals surface area contributed by atoms with Gasteiger partial charge in [-0.2, -0.15) is 0 Å². The van der Waals surface area contributed by atoms with E-state index >= 15 is 0 Å². The molecule has 3 unspecified atom stereocenters. The number of fused-ring (bicyclic) bond motifs is 1. The minimum atomic E-state index is -0.214. The largest absolute Gasteiger partial charge is 0.379 e. The third-order valence-electron chi connectivity index (χ3n) is 3.21. The van der Waals surface area contributed by atoms with Gasteiger partial charge in [-0.1, -0.05) is 12.8 Å². The normalized spacial score (nSPS) is 45.0. The van der Waals surface area contributed by atoms with Crippen LogP contribution in [0.1, 0.15) is 32.1 Å². The molecule has 11 heavy (non-hydrogen) atoms. The highest BCUT2D eigenvalue weighted by molar-refractivity contribution is 4.82. The Morgan fingerprint density at radius 2 is 1.82 bits per heavy atom. The quantitative estimate of drug-likeness (QED) is 0.549. The third kappa shape index (κ3) is 1.57. The molecule has 2 fully saturated rings. The molecular formula is C9H17NO. The van der Waals surface area contributed by atoms with Crippen molar-refractivity contribution in [3.05, 3.63) is 0 Å². The molecule has 1 aliphatic carbocycles. The predicted octanol–water partition coefficient (Wildman–Crippen LogP) is 1.10. The van der Waals surface area contributed by atoms with Crippen LogP contribution in [0.4, 0.5) is 0 Å². The standard InChI is InChI=1S/C9H17NO/c11-9-5-7-3-1-2-4-8(7)6-10-9/h7-11H,1-6H2. The van der Waals surface area contributed by atoms with Crippen molar-refractivity contribution in [2.75, 3.05) is 6.54 Å². The van der Waals surface area contributed by atoms with E-state index in [0.717, 1.165) is 24.8 Å². The SMILES string of the molecule is OC1CC2CCCCC2CN1. The minimum Gasteiger partial charge on any atom is -0.379 e. The zero-order valence-corrected chi connectivity index (χ0v) is 6.92. The first-order chi connectivity index (χ1) is 5.36. The fraction of sp³-hybridized carbons (Fsp3) is 1.00. The first kappa shape index (κ1) is 7.56. The van der Waals surface area contributed by atoms with Gasteiger partial charge in [-0.3, -0.25) is 5.32 Å². The number of piperidine rings is 1. The molecule has 0 aromatic carbocycles. The highest BCUT2D eigenvalue weighted by atomic mass is 16.3. The summed E-state index contributed by atoms with van der Waals surface area (Å²) in [6, 6.07) is 0. The lowest BCUT2D eigenvalue weighted by atomic mass is 9.75. The average Bonchev–Trinajstić information content (AvgIpc) is 2.04. The number of hydrogen-bond donors (Lipinski definition) is 2. The van der Waals surface area contributed by atoms with Crippen LogP contribution in [-0.4, -0.2) is 17.9 Å². The fourth-order valence-corrected chi connectivity index (χ4v) is 2.52. The van der Waals surface area contributed by atoms with Crippen molar-refractivity contribution in [1.82, 2.24) is 5.32 Å². The molecule has 0 bridgehead atoms. The van der Waals surface area contributed by atoms with Gasteiger partial charge >= 0.3 is 0 Å². The highest BCUT2D eigenvalue weighted by Gasteiger charge is 2.30. The summed E-state index contributed by atoms with van der Waals surface area (Å²) in [6.07, 6.45) is 6.29. The Bertz CT molecular complexity index is 138. The fourth-order valence-electron chi connectivity index (χ4n) is 2.52. The average molecular weight is 155 g/mol. The van der Waals surface area contributed by atoms with E-state index in [4.69, 9.17) is 0 Å². The number of aliphatic hydroxyl groups is 1. The van der Waals surface area contributed by atoms with E-state index in [1.54, 1.807) is 0 Å². The predicted molar refractivity (Wildman–Crippen MR) is 44.1 cm³/mol. The van der Waals surface area contributed by atoms with Crippen LogP contribution in [0.3, 0.4) is 0 Å². The van der Waals surface area contributed by atoms with Gasteiger partial charge in [-0.25, -0.2) is 0 Å². The highest BCUT2D eigenvalue weighted by Crippen LogP contribution is 2.34. The molecule has 64 valence electrons. The van der Waals surface area contributed by atoms with E-state index in [2.05, 4.69) is 5.32 Å². The first-order valence-electron chi connectivity index (χ1n) is 4.78. The molecule has 0 aromatic heterocycles. The first-order valence-corrected chi connectivity index (χ1v) is 4.78. The summed E-state index contributed by atoms with van der Waals surface area (Å²) >= 11 is 0.